The molecule has 0 saturated heterocycles. The molecule has 10 heteroatoms. The Balaban J connectivity index is 1.36. The van der Waals surface area contributed by atoms with Crippen LogP contribution in [0.1, 0.15) is 5.56 Å². The topological polar surface area (TPSA) is 98.5 Å². The lowest BCUT2D eigenvalue weighted by atomic mass is 10.2. The number of anilines is 1. The predicted molar refractivity (Wildman–Crippen MR) is 126 cm³/mol. The number of nitrogens with one attached hydrogen (secondary N) is 1. The summed E-state index contributed by atoms with van der Waals surface area (Å²) in [5.41, 5.74) is 4.16. The van der Waals surface area contributed by atoms with Crippen LogP contribution in [0, 0.1) is 0 Å². The summed E-state index contributed by atoms with van der Waals surface area (Å²) >= 11 is 2.47. The Bertz CT molecular complexity index is 1350. The SMILES string of the molecule is O=C(CSc1nnc(-c2ccncc2)n1Cc1ccccc1)Nc1cccc2nsnc12. The van der Waals surface area contributed by atoms with Crippen LogP contribution in [0.5, 0.6) is 0 Å². The first-order valence-electron chi connectivity index (χ1n) is 9.79. The molecule has 158 valence electrons. The standard InChI is InChI=1S/C22H17N7OS2/c30-19(24-17-7-4-8-18-20(17)28-32-27-18)14-31-22-26-25-21(16-9-11-23-12-10-16)29(22)13-15-5-2-1-3-6-15/h1-12H,13-14H2,(H,24,30). The quantitative estimate of drug-likeness (QED) is 0.366. The fourth-order valence-electron chi connectivity index (χ4n) is 3.24. The molecule has 5 rings (SSSR count). The molecule has 1 amide bonds. The number of carbonyl (C=O) groups is 1. The minimum Gasteiger partial charge on any atom is -0.323 e. The number of hydrogen-bond acceptors (Lipinski definition) is 8. The van der Waals surface area contributed by atoms with Crippen LogP contribution in [0.2, 0.25) is 0 Å². The van der Waals surface area contributed by atoms with Crippen molar-refractivity contribution in [2.45, 2.75) is 11.7 Å². The molecule has 0 unspecified atom stereocenters. The lowest BCUT2D eigenvalue weighted by Gasteiger charge is -2.11. The van der Waals surface area contributed by atoms with Gasteiger partial charge in [-0.2, -0.15) is 8.75 Å². The number of amides is 1. The molecule has 0 saturated carbocycles. The maximum Gasteiger partial charge on any atom is 0.234 e. The summed E-state index contributed by atoms with van der Waals surface area (Å²) in [6.45, 7) is 0.596. The lowest BCUT2D eigenvalue weighted by molar-refractivity contribution is -0.113. The molecule has 0 aliphatic heterocycles. The second-order valence-electron chi connectivity index (χ2n) is 6.89. The number of aromatic nitrogens is 6. The number of thioether (sulfide) groups is 1. The molecule has 3 aromatic heterocycles. The molecule has 8 nitrogen and oxygen atoms in total. The van der Waals surface area contributed by atoms with Crippen molar-refractivity contribution < 1.29 is 4.79 Å². The number of carbonyl (C=O) groups excluding carboxylic acids is 1. The van der Waals surface area contributed by atoms with Crippen LogP contribution in [-0.2, 0) is 11.3 Å². The van der Waals surface area contributed by atoms with Gasteiger partial charge in [-0.1, -0.05) is 48.2 Å². The van der Waals surface area contributed by atoms with Gasteiger partial charge in [0.05, 0.1) is 29.7 Å². The van der Waals surface area contributed by atoms with E-state index >= 15 is 0 Å². The molecule has 3 heterocycles. The minimum atomic E-state index is -0.143. The normalized spacial score (nSPS) is 11.0. The molecule has 32 heavy (non-hydrogen) atoms. The van der Waals surface area contributed by atoms with Crippen molar-refractivity contribution in [3.05, 3.63) is 78.6 Å². The fraction of sp³-hybridized carbons (Fsp3) is 0.0909. The van der Waals surface area contributed by atoms with Gasteiger partial charge in [0, 0.05) is 18.0 Å². The molecule has 2 aromatic carbocycles. The lowest BCUT2D eigenvalue weighted by Crippen LogP contribution is -2.15. The second kappa shape index (κ2) is 9.25. The van der Waals surface area contributed by atoms with Crippen LogP contribution in [0.4, 0.5) is 5.69 Å². The van der Waals surface area contributed by atoms with Gasteiger partial charge in [-0.3, -0.25) is 14.3 Å². The van der Waals surface area contributed by atoms with Gasteiger partial charge in [0.1, 0.15) is 11.0 Å². The fourth-order valence-corrected chi connectivity index (χ4v) is 4.53. The average Bonchev–Trinajstić information content (AvgIpc) is 3.47. The molecule has 1 N–H and O–H groups in total. The monoisotopic (exact) mass is 459 g/mol. The van der Waals surface area contributed by atoms with Crippen molar-refractivity contribution in [1.82, 2.24) is 28.5 Å². The van der Waals surface area contributed by atoms with Crippen molar-refractivity contribution in [3.8, 4) is 11.4 Å². The van der Waals surface area contributed by atoms with E-state index in [1.165, 1.54) is 11.8 Å². The Labute approximate surface area is 192 Å². The van der Waals surface area contributed by atoms with E-state index in [1.807, 2.05) is 53.1 Å². The highest BCUT2D eigenvalue weighted by Crippen LogP contribution is 2.26. The molecule has 5 aromatic rings. The summed E-state index contributed by atoms with van der Waals surface area (Å²) in [6.07, 6.45) is 3.45. The highest BCUT2D eigenvalue weighted by Gasteiger charge is 2.17. The zero-order valence-electron chi connectivity index (χ0n) is 16.8. The molecular formula is C22H17N7OS2. The van der Waals surface area contributed by atoms with Crippen LogP contribution in [0.25, 0.3) is 22.4 Å². The zero-order valence-corrected chi connectivity index (χ0v) is 18.4. The number of hydrogen-bond donors (Lipinski definition) is 1. The Hall–Kier alpha value is -3.63. The molecular weight excluding hydrogens is 442 g/mol. The van der Waals surface area contributed by atoms with Gasteiger partial charge in [0.2, 0.25) is 5.91 Å². The van der Waals surface area contributed by atoms with Gasteiger partial charge in [-0.15, -0.1) is 10.2 Å². The maximum absolute atomic E-state index is 12.7. The number of rotatable bonds is 7. The van der Waals surface area contributed by atoms with Gasteiger partial charge in [0.15, 0.2) is 11.0 Å². The van der Waals surface area contributed by atoms with Gasteiger partial charge in [-0.25, -0.2) is 0 Å². The van der Waals surface area contributed by atoms with E-state index < -0.39 is 0 Å². The van der Waals surface area contributed by atoms with Gasteiger partial charge < -0.3 is 5.32 Å². The third kappa shape index (κ3) is 4.36. The number of pyridine rings is 1. The molecule has 0 fully saturated rings. The molecule has 0 aliphatic carbocycles. The van der Waals surface area contributed by atoms with Gasteiger partial charge >= 0.3 is 0 Å². The minimum absolute atomic E-state index is 0.143. The Kier molecular flexibility index (Phi) is 5.86. The number of nitrogens with zero attached hydrogens (tertiary/aromatic N) is 6. The van der Waals surface area contributed by atoms with Crippen LogP contribution in [0.3, 0.4) is 0 Å². The van der Waals surface area contributed by atoms with Crippen molar-refractivity contribution in [1.29, 1.82) is 0 Å². The molecule has 0 radical (unpaired) electrons. The molecule has 0 aliphatic rings. The van der Waals surface area contributed by atoms with Crippen molar-refractivity contribution >= 4 is 46.1 Å². The van der Waals surface area contributed by atoms with Crippen molar-refractivity contribution in [2.75, 3.05) is 11.1 Å². The molecule has 0 bridgehead atoms. The summed E-state index contributed by atoms with van der Waals surface area (Å²) in [4.78, 5) is 16.7. The third-order valence-electron chi connectivity index (χ3n) is 4.73. The first-order chi connectivity index (χ1) is 15.8. The van der Waals surface area contributed by atoms with Crippen LogP contribution < -0.4 is 5.32 Å². The molecule has 0 atom stereocenters. The van der Waals surface area contributed by atoms with E-state index in [0.717, 1.165) is 34.2 Å². The Morgan fingerprint density at radius 2 is 1.81 bits per heavy atom. The van der Waals surface area contributed by atoms with E-state index in [1.54, 1.807) is 12.4 Å². The number of fused-ring (bicyclic) bond motifs is 1. The summed E-state index contributed by atoms with van der Waals surface area (Å²) in [5, 5.41) is 12.4. The largest absolute Gasteiger partial charge is 0.323 e. The van der Waals surface area contributed by atoms with Gasteiger partial charge in [0.25, 0.3) is 0 Å². The smallest absolute Gasteiger partial charge is 0.234 e. The van der Waals surface area contributed by atoms with Gasteiger partial charge in [-0.05, 0) is 29.8 Å². The summed E-state index contributed by atoms with van der Waals surface area (Å²) < 4.78 is 10.5. The van der Waals surface area contributed by atoms with E-state index in [-0.39, 0.29) is 11.7 Å². The zero-order chi connectivity index (χ0) is 21.8. The average molecular weight is 460 g/mol. The van der Waals surface area contributed by atoms with Crippen LogP contribution >= 0.6 is 23.5 Å². The summed E-state index contributed by atoms with van der Waals surface area (Å²) in [6, 6.07) is 19.4. The first kappa shape index (κ1) is 20.3. The highest BCUT2D eigenvalue weighted by atomic mass is 32.2. The van der Waals surface area contributed by atoms with Crippen molar-refractivity contribution in [3.63, 3.8) is 0 Å². The maximum atomic E-state index is 12.7. The van der Waals surface area contributed by atoms with E-state index in [9.17, 15) is 4.79 Å². The Morgan fingerprint density at radius 3 is 2.66 bits per heavy atom. The summed E-state index contributed by atoms with van der Waals surface area (Å²) in [5.74, 6) is 0.782. The number of benzene rings is 2. The predicted octanol–water partition coefficient (Wildman–Crippen LogP) is 4.12. The van der Waals surface area contributed by atoms with Crippen LogP contribution in [-0.4, -0.2) is 40.2 Å². The first-order valence-corrected chi connectivity index (χ1v) is 11.5. The summed E-state index contributed by atoms with van der Waals surface area (Å²) in [7, 11) is 0. The molecule has 0 spiro atoms. The van der Waals surface area contributed by atoms with Crippen LogP contribution in [0.15, 0.2) is 78.2 Å². The van der Waals surface area contributed by atoms with E-state index in [0.29, 0.717) is 22.9 Å². The Morgan fingerprint density at radius 1 is 0.969 bits per heavy atom. The second-order valence-corrected chi connectivity index (χ2v) is 8.36. The van der Waals surface area contributed by atoms with E-state index in [2.05, 4.69) is 41.4 Å². The van der Waals surface area contributed by atoms with E-state index in [4.69, 9.17) is 0 Å². The highest BCUT2D eigenvalue weighted by molar-refractivity contribution is 7.99. The third-order valence-corrected chi connectivity index (χ3v) is 6.24. The van der Waals surface area contributed by atoms with Crippen molar-refractivity contribution in [2.24, 2.45) is 0 Å².